The number of rotatable bonds is 5. The molecule has 1 saturated heterocycles. The molecule has 1 atom stereocenters. The number of halogens is 1. The van der Waals surface area contributed by atoms with Crippen molar-refractivity contribution in [3.05, 3.63) is 34.3 Å². The van der Waals surface area contributed by atoms with Gasteiger partial charge in [-0.1, -0.05) is 17.7 Å². The first-order valence-electron chi connectivity index (χ1n) is 7.89. The van der Waals surface area contributed by atoms with E-state index < -0.39 is 0 Å². The maximum Gasteiger partial charge on any atom is 0.254 e. The first-order valence-corrected chi connectivity index (χ1v) is 8.26. The Morgan fingerprint density at radius 2 is 2.23 bits per heavy atom. The van der Waals surface area contributed by atoms with Crippen LogP contribution in [0.25, 0.3) is 0 Å². The third-order valence-corrected chi connectivity index (χ3v) is 4.69. The highest BCUT2D eigenvalue weighted by Gasteiger charge is 2.27. The predicted octanol–water partition coefficient (Wildman–Crippen LogP) is 2.92. The van der Waals surface area contributed by atoms with Crippen molar-refractivity contribution >= 4 is 17.5 Å². The second-order valence-corrected chi connectivity index (χ2v) is 6.54. The molecule has 2 fully saturated rings. The third kappa shape index (κ3) is 3.80. The summed E-state index contributed by atoms with van der Waals surface area (Å²) < 4.78 is 11.4. The number of benzene rings is 1. The molecule has 120 valence electrons. The van der Waals surface area contributed by atoms with Crippen LogP contribution >= 0.6 is 11.6 Å². The second-order valence-electron chi connectivity index (χ2n) is 6.14. The molecule has 4 nitrogen and oxygen atoms in total. The molecule has 0 bridgehead atoms. The number of morpholine rings is 1. The van der Waals surface area contributed by atoms with E-state index in [-0.39, 0.29) is 12.0 Å². The first kappa shape index (κ1) is 15.8. The van der Waals surface area contributed by atoms with Gasteiger partial charge in [-0.25, -0.2) is 0 Å². The standard InChI is InChI=1S/C17H22ClNO3/c1-12-15(3-2-4-16(12)18)17(20)19-7-8-22-14(9-19)11-21-10-13-5-6-13/h2-4,13-14H,5-11H2,1H3/t14-/m1/s1. The molecule has 0 N–H and O–H groups in total. The summed E-state index contributed by atoms with van der Waals surface area (Å²) in [7, 11) is 0. The Morgan fingerprint density at radius 3 is 3.00 bits per heavy atom. The van der Waals surface area contributed by atoms with Crippen molar-refractivity contribution < 1.29 is 14.3 Å². The fourth-order valence-electron chi connectivity index (χ4n) is 2.66. The van der Waals surface area contributed by atoms with Gasteiger partial charge in [-0.15, -0.1) is 0 Å². The molecule has 5 heteroatoms. The third-order valence-electron chi connectivity index (χ3n) is 4.28. The van der Waals surface area contributed by atoms with E-state index in [1.807, 2.05) is 30.0 Å². The highest BCUT2D eigenvalue weighted by molar-refractivity contribution is 6.31. The molecule has 1 aliphatic heterocycles. The van der Waals surface area contributed by atoms with Crippen LogP contribution in [0.15, 0.2) is 18.2 Å². The van der Waals surface area contributed by atoms with E-state index in [9.17, 15) is 4.79 Å². The Labute approximate surface area is 136 Å². The summed E-state index contributed by atoms with van der Waals surface area (Å²) in [5.74, 6) is 0.769. The van der Waals surface area contributed by atoms with Crippen LogP contribution in [0.1, 0.15) is 28.8 Å². The number of amides is 1. The predicted molar refractivity (Wildman–Crippen MR) is 85.4 cm³/mol. The largest absolute Gasteiger partial charge is 0.378 e. The SMILES string of the molecule is Cc1c(Cl)cccc1C(=O)N1CCO[C@@H](COCC2CC2)C1. The number of carbonyl (C=O) groups is 1. The van der Waals surface area contributed by atoms with E-state index in [0.717, 1.165) is 18.1 Å². The van der Waals surface area contributed by atoms with E-state index in [4.69, 9.17) is 21.1 Å². The normalized spacial score (nSPS) is 21.9. The van der Waals surface area contributed by atoms with Crippen LogP contribution in [0.5, 0.6) is 0 Å². The molecular formula is C17H22ClNO3. The molecule has 1 amide bonds. The fraction of sp³-hybridized carbons (Fsp3) is 0.588. The zero-order valence-electron chi connectivity index (χ0n) is 12.9. The monoisotopic (exact) mass is 323 g/mol. The molecule has 1 heterocycles. The Kier molecular flexibility index (Phi) is 5.01. The van der Waals surface area contributed by atoms with Crippen molar-refractivity contribution in [3.63, 3.8) is 0 Å². The van der Waals surface area contributed by atoms with E-state index in [1.165, 1.54) is 12.8 Å². The summed E-state index contributed by atoms with van der Waals surface area (Å²) in [6.45, 7) is 5.02. The van der Waals surface area contributed by atoms with Gasteiger partial charge in [0, 0.05) is 30.3 Å². The lowest BCUT2D eigenvalue weighted by molar-refractivity contribution is -0.0628. The van der Waals surface area contributed by atoms with Crippen molar-refractivity contribution in [2.24, 2.45) is 5.92 Å². The van der Waals surface area contributed by atoms with Crippen molar-refractivity contribution in [1.82, 2.24) is 4.90 Å². The minimum Gasteiger partial charge on any atom is -0.378 e. The number of nitrogens with zero attached hydrogens (tertiary/aromatic N) is 1. The summed E-state index contributed by atoms with van der Waals surface area (Å²) in [4.78, 5) is 14.5. The average molecular weight is 324 g/mol. The van der Waals surface area contributed by atoms with Crippen LogP contribution in [-0.2, 0) is 9.47 Å². The molecule has 1 saturated carbocycles. The van der Waals surface area contributed by atoms with Gasteiger partial charge in [-0.3, -0.25) is 4.79 Å². The highest BCUT2D eigenvalue weighted by atomic mass is 35.5. The van der Waals surface area contributed by atoms with E-state index in [0.29, 0.717) is 36.9 Å². The lowest BCUT2D eigenvalue weighted by atomic mass is 10.1. The van der Waals surface area contributed by atoms with Gasteiger partial charge in [0.15, 0.2) is 0 Å². The molecular weight excluding hydrogens is 302 g/mol. The molecule has 0 aromatic heterocycles. The average Bonchev–Trinajstić information content (AvgIpc) is 3.34. The maximum atomic E-state index is 12.7. The number of carbonyl (C=O) groups excluding carboxylic acids is 1. The minimum atomic E-state index is -0.0315. The van der Waals surface area contributed by atoms with Crippen molar-refractivity contribution in [2.45, 2.75) is 25.9 Å². The minimum absolute atomic E-state index is 0.0236. The van der Waals surface area contributed by atoms with Crippen LogP contribution in [-0.4, -0.2) is 49.8 Å². The summed E-state index contributed by atoms with van der Waals surface area (Å²) in [6, 6.07) is 5.46. The molecule has 2 aliphatic rings. The van der Waals surface area contributed by atoms with Crippen LogP contribution in [0.4, 0.5) is 0 Å². The van der Waals surface area contributed by atoms with Crippen LogP contribution in [0.3, 0.4) is 0 Å². The molecule has 22 heavy (non-hydrogen) atoms. The molecule has 3 rings (SSSR count). The maximum absolute atomic E-state index is 12.7. The van der Waals surface area contributed by atoms with Crippen LogP contribution < -0.4 is 0 Å². The zero-order chi connectivity index (χ0) is 15.5. The quantitative estimate of drug-likeness (QED) is 0.836. The smallest absolute Gasteiger partial charge is 0.254 e. The Morgan fingerprint density at radius 1 is 1.41 bits per heavy atom. The van der Waals surface area contributed by atoms with Gasteiger partial charge < -0.3 is 14.4 Å². The van der Waals surface area contributed by atoms with Crippen LogP contribution in [0.2, 0.25) is 5.02 Å². The number of hydrogen-bond donors (Lipinski definition) is 0. The Balaban J connectivity index is 1.58. The van der Waals surface area contributed by atoms with Crippen molar-refractivity contribution in [2.75, 3.05) is 32.9 Å². The Hall–Kier alpha value is -1.10. The summed E-state index contributed by atoms with van der Waals surface area (Å²) in [5, 5.41) is 0.628. The van der Waals surface area contributed by atoms with Gasteiger partial charge in [0.1, 0.15) is 0 Å². The first-order chi connectivity index (χ1) is 10.6. The lowest BCUT2D eigenvalue weighted by Gasteiger charge is -2.33. The molecule has 1 aromatic carbocycles. The summed E-state index contributed by atoms with van der Waals surface area (Å²) >= 11 is 6.11. The second kappa shape index (κ2) is 6.99. The molecule has 1 aromatic rings. The van der Waals surface area contributed by atoms with Crippen molar-refractivity contribution in [3.8, 4) is 0 Å². The molecule has 1 aliphatic carbocycles. The molecule has 0 spiro atoms. The van der Waals surface area contributed by atoms with Gasteiger partial charge in [0.05, 0.1) is 19.3 Å². The van der Waals surface area contributed by atoms with E-state index in [2.05, 4.69) is 0 Å². The molecule has 0 unspecified atom stereocenters. The summed E-state index contributed by atoms with van der Waals surface area (Å²) in [6.07, 6.45) is 2.53. The summed E-state index contributed by atoms with van der Waals surface area (Å²) in [5.41, 5.74) is 1.51. The number of hydrogen-bond acceptors (Lipinski definition) is 3. The topological polar surface area (TPSA) is 38.8 Å². The zero-order valence-corrected chi connectivity index (χ0v) is 13.6. The highest BCUT2D eigenvalue weighted by Crippen LogP contribution is 2.29. The fourth-order valence-corrected chi connectivity index (χ4v) is 2.84. The van der Waals surface area contributed by atoms with Gasteiger partial charge in [-0.2, -0.15) is 0 Å². The van der Waals surface area contributed by atoms with Gasteiger partial charge in [-0.05, 0) is 43.4 Å². The van der Waals surface area contributed by atoms with Gasteiger partial charge in [0.25, 0.3) is 5.91 Å². The Bertz CT molecular complexity index is 545. The van der Waals surface area contributed by atoms with Crippen LogP contribution in [0, 0.1) is 12.8 Å². The van der Waals surface area contributed by atoms with Crippen molar-refractivity contribution in [1.29, 1.82) is 0 Å². The molecule has 0 radical (unpaired) electrons. The van der Waals surface area contributed by atoms with E-state index in [1.54, 1.807) is 0 Å². The van der Waals surface area contributed by atoms with E-state index >= 15 is 0 Å². The number of ether oxygens (including phenoxy) is 2. The lowest BCUT2D eigenvalue weighted by Crippen LogP contribution is -2.47. The van der Waals surface area contributed by atoms with Gasteiger partial charge >= 0.3 is 0 Å². The van der Waals surface area contributed by atoms with Gasteiger partial charge in [0.2, 0.25) is 0 Å².